The lowest BCUT2D eigenvalue weighted by atomic mass is 9.71. The minimum atomic E-state index is -0.259. The molecule has 184 valence electrons. The van der Waals surface area contributed by atoms with Crippen LogP contribution in [0.5, 0.6) is 11.5 Å². The van der Waals surface area contributed by atoms with Crippen LogP contribution in [0.1, 0.15) is 70.5 Å². The number of hydrogen-bond acceptors (Lipinski definition) is 5. The van der Waals surface area contributed by atoms with E-state index in [0.29, 0.717) is 36.6 Å². The second-order valence-corrected chi connectivity index (χ2v) is 9.96. The fourth-order valence-corrected chi connectivity index (χ4v) is 5.95. The van der Waals surface area contributed by atoms with Crippen LogP contribution in [-0.2, 0) is 5.41 Å². The van der Waals surface area contributed by atoms with E-state index >= 15 is 0 Å². The van der Waals surface area contributed by atoms with E-state index in [4.69, 9.17) is 9.47 Å². The second-order valence-electron chi connectivity index (χ2n) is 9.96. The van der Waals surface area contributed by atoms with Gasteiger partial charge >= 0.3 is 0 Å². The molecule has 1 atom stereocenters. The fraction of sp³-hybridized carbons (Fsp3) is 0.345. The number of fused-ring (bicyclic) bond motifs is 3. The number of nitrogens with one attached hydrogen (secondary N) is 1. The van der Waals surface area contributed by atoms with Gasteiger partial charge in [0.05, 0.1) is 11.6 Å². The van der Waals surface area contributed by atoms with Crippen LogP contribution in [0.4, 0.5) is 5.69 Å². The summed E-state index contributed by atoms with van der Waals surface area (Å²) in [7, 11) is 0. The third-order valence-corrected chi connectivity index (χ3v) is 7.79. The van der Waals surface area contributed by atoms with Crippen LogP contribution in [0.25, 0.3) is 0 Å². The Morgan fingerprint density at radius 3 is 2.50 bits per heavy atom. The average molecular weight is 484 g/mol. The Bertz CT molecular complexity index is 1320. The lowest BCUT2D eigenvalue weighted by Gasteiger charge is -2.46. The van der Waals surface area contributed by atoms with Gasteiger partial charge in [0.2, 0.25) is 0 Å². The van der Waals surface area contributed by atoms with Crippen molar-refractivity contribution in [2.75, 3.05) is 25.1 Å². The topological polar surface area (TPSA) is 80.8 Å². The molecule has 7 nitrogen and oxygen atoms in total. The number of amides is 2. The summed E-state index contributed by atoms with van der Waals surface area (Å²) in [6.45, 7) is 3.85. The Balaban J connectivity index is 1.31. The van der Waals surface area contributed by atoms with Crippen LogP contribution in [0.3, 0.4) is 0 Å². The van der Waals surface area contributed by atoms with Gasteiger partial charge < -0.3 is 19.7 Å². The first-order valence-electron chi connectivity index (χ1n) is 12.6. The number of hydrogen-bond donors (Lipinski definition) is 1. The summed E-state index contributed by atoms with van der Waals surface area (Å²) in [5.74, 6) is 1.28. The largest absolute Gasteiger partial charge is 0.486 e. The normalized spacial score (nSPS) is 19.6. The van der Waals surface area contributed by atoms with Gasteiger partial charge in [0.15, 0.2) is 11.5 Å². The van der Waals surface area contributed by atoms with Gasteiger partial charge in [0.1, 0.15) is 13.2 Å². The van der Waals surface area contributed by atoms with E-state index < -0.39 is 0 Å². The molecule has 0 radical (unpaired) electrons. The first kappa shape index (κ1) is 22.6. The molecule has 2 amide bonds. The monoisotopic (exact) mass is 483 g/mol. The lowest BCUT2D eigenvalue weighted by molar-refractivity contribution is 0.0593. The molecule has 2 aromatic carbocycles. The number of pyridine rings is 1. The van der Waals surface area contributed by atoms with Crippen LogP contribution in [0.15, 0.2) is 60.9 Å². The first-order chi connectivity index (χ1) is 17.5. The summed E-state index contributed by atoms with van der Waals surface area (Å²) in [5, 5.41) is 2.89. The average Bonchev–Trinajstić information content (AvgIpc) is 3.39. The van der Waals surface area contributed by atoms with Crippen molar-refractivity contribution in [3.05, 3.63) is 83.2 Å². The van der Waals surface area contributed by atoms with Crippen molar-refractivity contribution in [3.63, 3.8) is 0 Å². The van der Waals surface area contributed by atoms with Crippen molar-refractivity contribution in [2.24, 2.45) is 0 Å². The van der Waals surface area contributed by atoms with E-state index in [9.17, 15) is 9.59 Å². The smallest absolute Gasteiger partial charge is 0.257 e. The summed E-state index contributed by atoms with van der Waals surface area (Å²) in [4.78, 5) is 32.5. The zero-order valence-corrected chi connectivity index (χ0v) is 20.3. The Labute approximate surface area is 210 Å². The van der Waals surface area contributed by atoms with E-state index in [0.717, 1.165) is 42.7 Å². The van der Waals surface area contributed by atoms with Crippen LogP contribution in [0, 0.1) is 0 Å². The molecule has 0 bridgehead atoms. The van der Waals surface area contributed by atoms with Gasteiger partial charge in [0, 0.05) is 35.6 Å². The van der Waals surface area contributed by atoms with Crippen molar-refractivity contribution in [1.29, 1.82) is 0 Å². The standard InChI is InChI=1S/C29H29N3O4/c1-19-23-15-25-26(36-13-12-35-25)16-24(23)29(9-2-3-10-29)18-32(19)28(34)20-6-4-8-22(14-20)31-27(33)21-7-5-11-30-17-21/h4-8,11,14-17,19H,2-3,9-10,12-13,18H2,1H3,(H,31,33). The molecule has 1 aromatic heterocycles. The molecule has 6 rings (SSSR count). The number of rotatable bonds is 3. The minimum absolute atomic E-state index is 0.0354. The number of benzene rings is 2. The first-order valence-corrected chi connectivity index (χ1v) is 12.6. The number of carbonyl (C=O) groups is 2. The highest BCUT2D eigenvalue weighted by molar-refractivity contribution is 6.05. The van der Waals surface area contributed by atoms with E-state index in [-0.39, 0.29) is 23.3 Å². The number of anilines is 1. The predicted molar refractivity (Wildman–Crippen MR) is 136 cm³/mol. The van der Waals surface area contributed by atoms with Gasteiger partial charge in [0.25, 0.3) is 11.8 Å². The quantitative estimate of drug-likeness (QED) is 0.558. The van der Waals surface area contributed by atoms with Crippen molar-refractivity contribution in [3.8, 4) is 11.5 Å². The van der Waals surface area contributed by atoms with Crippen molar-refractivity contribution in [2.45, 2.75) is 44.1 Å². The Morgan fingerprint density at radius 1 is 1.00 bits per heavy atom. The number of nitrogens with zero attached hydrogens (tertiary/aromatic N) is 2. The molecule has 1 saturated carbocycles. The van der Waals surface area contributed by atoms with Crippen molar-refractivity contribution < 1.29 is 19.1 Å². The van der Waals surface area contributed by atoms with Gasteiger partial charge in [-0.25, -0.2) is 0 Å². The molecule has 36 heavy (non-hydrogen) atoms. The molecule has 7 heteroatoms. The molecule has 3 aliphatic rings. The molecule has 2 aliphatic heterocycles. The van der Waals surface area contributed by atoms with E-state index in [2.05, 4.69) is 29.4 Å². The van der Waals surface area contributed by atoms with Crippen molar-refractivity contribution in [1.82, 2.24) is 9.88 Å². The SMILES string of the molecule is CC1c2cc3c(cc2C2(CCCC2)CN1C(=O)c1cccc(NC(=O)c2cccnc2)c1)OCCO3. The third kappa shape index (κ3) is 3.88. The molecular formula is C29H29N3O4. The molecule has 3 heterocycles. The van der Waals surface area contributed by atoms with E-state index in [1.807, 2.05) is 17.0 Å². The Hall–Kier alpha value is -3.87. The van der Waals surface area contributed by atoms with Gasteiger partial charge in [-0.3, -0.25) is 14.6 Å². The van der Waals surface area contributed by atoms with E-state index in [1.54, 1.807) is 30.5 Å². The number of aromatic nitrogens is 1. The van der Waals surface area contributed by atoms with Crippen molar-refractivity contribution >= 4 is 17.5 Å². The molecule has 3 aromatic rings. The Kier molecular flexibility index (Phi) is 5.63. The highest BCUT2D eigenvalue weighted by atomic mass is 16.6. The van der Waals surface area contributed by atoms with Crippen LogP contribution < -0.4 is 14.8 Å². The molecule has 0 saturated heterocycles. The minimum Gasteiger partial charge on any atom is -0.486 e. The number of carbonyl (C=O) groups excluding carboxylic acids is 2. The van der Waals surface area contributed by atoms with Gasteiger partial charge in [-0.2, -0.15) is 0 Å². The zero-order chi connectivity index (χ0) is 24.7. The maximum absolute atomic E-state index is 13.9. The van der Waals surface area contributed by atoms with Gasteiger partial charge in [-0.05, 0) is 73.4 Å². The summed E-state index contributed by atoms with van der Waals surface area (Å²) in [6, 6.07) is 14.7. The van der Waals surface area contributed by atoms with E-state index in [1.165, 1.54) is 11.8 Å². The molecule has 1 aliphatic carbocycles. The summed E-state index contributed by atoms with van der Waals surface area (Å²) >= 11 is 0. The number of ether oxygens (including phenoxy) is 2. The lowest BCUT2D eigenvalue weighted by Crippen LogP contribution is -2.48. The third-order valence-electron chi connectivity index (χ3n) is 7.79. The molecule has 1 fully saturated rings. The second kappa shape index (κ2) is 8.97. The van der Waals surface area contributed by atoms with Crippen LogP contribution in [-0.4, -0.2) is 41.5 Å². The summed E-state index contributed by atoms with van der Waals surface area (Å²) < 4.78 is 11.8. The highest BCUT2D eigenvalue weighted by Crippen LogP contribution is 2.52. The zero-order valence-electron chi connectivity index (χ0n) is 20.3. The highest BCUT2D eigenvalue weighted by Gasteiger charge is 2.46. The maximum atomic E-state index is 13.9. The maximum Gasteiger partial charge on any atom is 0.257 e. The molecule has 1 spiro atoms. The summed E-state index contributed by atoms with van der Waals surface area (Å²) in [5.41, 5.74) is 3.97. The van der Waals surface area contributed by atoms with Crippen LogP contribution in [0.2, 0.25) is 0 Å². The fourth-order valence-electron chi connectivity index (χ4n) is 5.95. The van der Waals surface area contributed by atoms with Gasteiger partial charge in [-0.15, -0.1) is 0 Å². The molecule has 1 unspecified atom stereocenters. The summed E-state index contributed by atoms with van der Waals surface area (Å²) in [6.07, 6.45) is 7.56. The molecular weight excluding hydrogens is 454 g/mol. The van der Waals surface area contributed by atoms with Crippen LogP contribution >= 0.6 is 0 Å². The predicted octanol–water partition coefficient (Wildman–Crippen LogP) is 5.13. The molecule has 1 N–H and O–H groups in total. The Morgan fingerprint density at radius 2 is 1.75 bits per heavy atom. The van der Waals surface area contributed by atoms with Gasteiger partial charge in [-0.1, -0.05) is 18.9 Å².